The second kappa shape index (κ2) is 9.07. The van der Waals surface area contributed by atoms with Gasteiger partial charge in [0.25, 0.3) is 0 Å². The Hall–Kier alpha value is -1.30. The summed E-state index contributed by atoms with van der Waals surface area (Å²) in [5, 5.41) is 7.03. The van der Waals surface area contributed by atoms with Crippen LogP contribution in [0.3, 0.4) is 0 Å². The number of carbonyl (C=O) groups is 1. The van der Waals surface area contributed by atoms with Crippen molar-refractivity contribution < 1.29 is 9.53 Å². The summed E-state index contributed by atoms with van der Waals surface area (Å²) in [6, 6.07) is 0.310. The Morgan fingerprint density at radius 3 is 2.69 bits per heavy atom. The van der Waals surface area contributed by atoms with E-state index in [9.17, 15) is 4.79 Å². The third-order valence-electron chi connectivity index (χ3n) is 6.34. The van der Waals surface area contributed by atoms with Gasteiger partial charge in [-0.15, -0.1) is 0 Å². The molecule has 6 heteroatoms. The molecule has 0 aromatic heterocycles. The highest BCUT2D eigenvalue weighted by Crippen LogP contribution is 2.48. The molecule has 2 N–H and O–H groups in total. The Bertz CT molecular complexity index is 498. The third-order valence-corrected chi connectivity index (χ3v) is 6.34. The number of nitrogens with one attached hydrogen (secondary N) is 2. The maximum atomic E-state index is 12.6. The van der Waals surface area contributed by atoms with Gasteiger partial charge in [-0.05, 0) is 50.9 Å². The van der Waals surface area contributed by atoms with Gasteiger partial charge in [0.05, 0.1) is 0 Å². The van der Waals surface area contributed by atoms with Crippen LogP contribution in [0.4, 0.5) is 0 Å². The van der Waals surface area contributed by atoms with Gasteiger partial charge < -0.3 is 20.3 Å². The van der Waals surface area contributed by atoms with E-state index in [4.69, 9.17) is 4.74 Å². The normalized spacial score (nSPS) is 25.5. The fourth-order valence-electron chi connectivity index (χ4n) is 4.29. The molecule has 0 aromatic carbocycles. The van der Waals surface area contributed by atoms with Crippen LogP contribution < -0.4 is 10.6 Å². The molecule has 3 rings (SSSR count). The fraction of sp³-hybridized carbons (Fsp3) is 0.900. The van der Waals surface area contributed by atoms with Crippen LogP contribution in [0, 0.1) is 11.3 Å². The van der Waals surface area contributed by atoms with E-state index in [-0.39, 0.29) is 5.92 Å². The van der Waals surface area contributed by atoms with E-state index < -0.39 is 0 Å². The molecule has 26 heavy (non-hydrogen) atoms. The largest absolute Gasteiger partial charge is 0.382 e. The van der Waals surface area contributed by atoms with E-state index in [1.165, 1.54) is 25.7 Å². The summed E-state index contributed by atoms with van der Waals surface area (Å²) in [7, 11) is 1.82. The lowest BCUT2D eigenvalue weighted by atomic mass is 10.0. The second-order valence-corrected chi connectivity index (χ2v) is 8.27. The number of rotatable bonds is 8. The van der Waals surface area contributed by atoms with Crippen LogP contribution in [0.2, 0.25) is 0 Å². The summed E-state index contributed by atoms with van der Waals surface area (Å²) in [5.41, 5.74) is 0.396. The van der Waals surface area contributed by atoms with Crippen molar-refractivity contribution in [1.82, 2.24) is 15.5 Å². The molecule has 0 aromatic rings. The Balaban J connectivity index is 1.39. The molecule has 148 valence electrons. The van der Waals surface area contributed by atoms with Crippen LogP contribution in [0.1, 0.15) is 58.3 Å². The molecule has 2 saturated carbocycles. The molecule has 0 bridgehead atoms. The summed E-state index contributed by atoms with van der Waals surface area (Å²) in [5.74, 6) is 1.53. The minimum Gasteiger partial charge on any atom is -0.382 e. The summed E-state index contributed by atoms with van der Waals surface area (Å²) in [4.78, 5) is 19.0. The molecule has 3 aliphatic rings. The highest BCUT2D eigenvalue weighted by molar-refractivity contribution is 5.81. The number of likely N-dealkylation sites (tertiary alicyclic amines) is 1. The van der Waals surface area contributed by atoms with Crippen LogP contribution >= 0.6 is 0 Å². The smallest absolute Gasteiger partial charge is 0.225 e. The van der Waals surface area contributed by atoms with Crippen molar-refractivity contribution in [2.45, 2.75) is 64.3 Å². The van der Waals surface area contributed by atoms with Gasteiger partial charge in [-0.3, -0.25) is 9.79 Å². The minimum atomic E-state index is 0.284. The lowest BCUT2D eigenvalue weighted by Crippen LogP contribution is -2.46. The maximum Gasteiger partial charge on any atom is 0.225 e. The van der Waals surface area contributed by atoms with Crippen LogP contribution in [0.5, 0.6) is 0 Å². The van der Waals surface area contributed by atoms with Crippen molar-refractivity contribution in [3.8, 4) is 0 Å². The Morgan fingerprint density at radius 2 is 2.04 bits per heavy atom. The SMILES string of the molecule is CCOCCC1(CNC(=NC)NC2CCN(C(=O)C3CCCC3)C2)CC1. The number of nitrogens with zero attached hydrogens (tertiary/aromatic N) is 2. The number of guanidine groups is 1. The number of ether oxygens (including phenoxy) is 1. The average molecular weight is 365 g/mol. The number of carbonyl (C=O) groups excluding carboxylic acids is 1. The standard InChI is InChI=1S/C20H36N4O2/c1-3-26-13-11-20(9-10-20)15-22-19(21-2)23-17-8-12-24(14-17)18(25)16-6-4-5-7-16/h16-17H,3-15H2,1-2H3,(H2,21,22,23). The zero-order chi connectivity index (χ0) is 18.4. The van der Waals surface area contributed by atoms with Gasteiger partial charge >= 0.3 is 0 Å². The first kappa shape index (κ1) is 19.5. The van der Waals surface area contributed by atoms with E-state index in [0.29, 0.717) is 17.4 Å². The van der Waals surface area contributed by atoms with Gasteiger partial charge in [0, 0.05) is 51.9 Å². The fourth-order valence-corrected chi connectivity index (χ4v) is 4.29. The molecule has 0 spiro atoms. The summed E-state index contributed by atoms with van der Waals surface area (Å²) >= 11 is 0. The van der Waals surface area contributed by atoms with E-state index in [0.717, 1.165) is 64.5 Å². The highest BCUT2D eigenvalue weighted by atomic mass is 16.5. The minimum absolute atomic E-state index is 0.284. The molecule has 1 unspecified atom stereocenters. The Kier molecular flexibility index (Phi) is 6.79. The molecule has 1 atom stereocenters. The predicted octanol–water partition coefficient (Wildman–Crippen LogP) is 2.15. The topological polar surface area (TPSA) is 66.0 Å². The monoisotopic (exact) mass is 364 g/mol. The Morgan fingerprint density at radius 1 is 1.27 bits per heavy atom. The van der Waals surface area contributed by atoms with Gasteiger partial charge in [-0.25, -0.2) is 0 Å². The molecule has 1 aliphatic heterocycles. The van der Waals surface area contributed by atoms with Gasteiger partial charge in [-0.1, -0.05) is 12.8 Å². The summed E-state index contributed by atoms with van der Waals surface area (Å²) < 4.78 is 5.52. The van der Waals surface area contributed by atoms with Crippen molar-refractivity contribution in [1.29, 1.82) is 0 Å². The molecule has 2 aliphatic carbocycles. The maximum absolute atomic E-state index is 12.6. The number of amides is 1. The van der Waals surface area contributed by atoms with Crippen molar-refractivity contribution in [3.05, 3.63) is 0 Å². The lowest BCUT2D eigenvalue weighted by Gasteiger charge is -2.22. The molecule has 3 fully saturated rings. The second-order valence-electron chi connectivity index (χ2n) is 8.27. The molecular formula is C20H36N4O2. The van der Waals surface area contributed by atoms with E-state index in [2.05, 4.69) is 20.5 Å². The van der Waals surface area contributed by atoms with Crippen LogP contribution in [-0.4, -0.2) is 62.7 Å². The van der Waals surface area contributed by atoms with Crippen molar-refractivity contribution in [2.75, 3.05) is 39.9 Å². The number of hydrogen-bond acceptors (Lipinski definition) is 3. The van der Waals surface area contributed by atoms with E-state index in [1.807, 2.05) is 14.0 Å². The van der Waals surface area contributed by atoms with Crippen molar-refractivity contribution >= 4 is 11.9 Å². The quantitative estimate of drug-likeness (QED) is 0.393. The van der Waals surface area contributed by atoms with Gasteiger partial charge in [0.15, 0.2) is 5.96 Å². The highest BCUT2D eigenvalue weighted by Gasteiger charge is 2.42. The van der Waals surface area contributed by atoms with Gasteiger partial charge in [-0.2, -0.15) is 0 Å². The third kappa shape index (κ3) is 5.12. The van der Waals surface area contributed by atoms with E-state index in [1.54, 1.807) is 0 Å². The lowest BCUT2D eigenvalue weighted by molar-refractivity contribution is -0.134. The molecule has 0 radical (unpaired) electrons. The first-order chi connectivity index (χ1) is 12.7. The van der Waals surface area contributed by atoms with Crippen molar-refractivity contribution in [3.63, 3.8) is 0 Å². The van der Waals surface area contributed by atoms with E-state index >= 15 is 0 Å². The van der Waals surface area contributed by atoms with Crippen LogP contribution in [0.15, 0.2) is 4.99 Å². The molecular weight excluding hydrogens is 328 g/mol. The van der Waals surface area contributed by atoms with Gasteiger partial charge in [0.2, 0.25) is 5.91 Å². The van der Waals surface area contributed by atoms with Gasteiger partial charge in [0.1, 0.15) is 0 Å². The molecule has 1 heterocycles. The summed E-state index contributed by atoms with van der Waals surface area (Å²) in [6.45, 7) is 6.34. The Labute approximate surface area is 158 Å². The number of hydrogen-bond donors (Lipinski definition) is 2. The summed E-state index contributed by atoms with van der Waals surface area (Å²) in [6.07, 6.45) is 9.28. The predicted molar refractivity (Wildman–Crippen MR) is 104 cm³/mol. The molecule has 1 amide bonds. The molecule has 1 saturated heterocycles. The first-order valence-corrected chi connectivity index (χ1v) is 10.5. The molecule has 6 nitrogen and oxygen atoms in total. The average Bonchev–Trinajstić information content (AvgIpc) is 3.06. The van der Waals surface area contributed by atoms with Crippen molar-refractivity contribution in [2.24, 2.45) is 16.3 Å². The van der Waals surface area contributed by atoms with Crippen LogP contribution in [0.25, 0.3) is 0 Å². The zero-order valence-corrected chi connectivity index (χ0v) is 16.6. The number of aliphatic imine (C=N–C) groups is 1. The first-order valence-electron chi connectivity index (χ1n) is 10.5. The van der Waals surface area contributed by atoms with Crippen LogP contribution in [-0.2, 0) is 9.53 Å². The zero-order valence-electron chi connectivity index (χ0n) is 16.6.